The Labute approximate surface area is 178 Å². The predicted octanol–water partition coefficient (Wildman–Crippen LogP) is 3.59. The Hall–Kier alpha value is -3.91. The number of hydrogen-bond donors (Lipinski definition) is 3. The minimum Gasteiger partial charge on any atom is -0.386 e. The number of anilines is 3. The zero-order chi connectivity index (χ0) is 21.0. The predicted molar refractivity (Wildman–Crippen MR) is 121 cm³/mol. The maximum atomic E-state index is 9.94. The summed E-state index contributed by atoms with van der Waals surface area (Å²) in [6, 6.07) is 12.2. The van der Waals surface area contributed by atoms with Gasteiger partial charge in [0, 0.05) is 49.0 Å². The van der Waals surface area contributed by atoms with Gasteiger partial charge in [0.05, 0.1) is 23.2 Å². The molecule has 0 spiro atoms. The molecule has 4 aromatic heterocycles. The molecule has 0 bridgehead atoms. The van der Waals surface area contributed by atoms with Gasteiger partial charge in [-0.05, 0) is 36.6 Å². The number of aliphatic hydroxyl groups is 1. The fourth-order valence-corrected chi connectivity index (χ4v) is 4.08. The van der Waals surface area contributed by atoms with Crippen molar-refractivity contribution in [3.8, 4) is 11.3 Å². The molecule has 5 aromatic rings. The third kappa shape index (κ3) is 3.17. The molecule has 1 fully saturated rings. The van der Waals surface area contributed by atoms with Crippen molar-refractivity contribution < 1.29 is 5.11 Å². The highest BCUT2D eigenvalue weighted by atomic mass is 16.3. The Morgan fingerprint density at radius 1 is 1.13 bits per heavy atom. The SMILES string of the molecule is CC1(O)CN(c2ccc(Nc3nc(-c4ccc5cc[nH]c5c4)cn4ccnc34)cn2)C1. The van der Waals surface area contributed by atoms with Crippen LogP contribution in [0.15, 0.2) is 67.4 Å². The molecule has 1 aromatic carbocycles. The molecule has 1 saturated heterocycles. The molecule has 1 aliphatic rings. The van der Waals surface area contributed by atoms with E-state index in [9.17, 15) is 5.11 Å². The Bertz CT molecular complexity index is 1390. The van der Waals surface area contributed by atoms with E-state index in [0.717, 1.165) is 33.9 Å². The van der Waals surface area contributed by atoms with Crippen molar-refractivity contribution in [3.05, 3.63) is 67.4 Å². The first-order valence-electron chi connectivity index (χ1n) is 10.2. The second-order valence-corrected chi connectivity index (χ2v) is 8.30. The summed E-state index contributed by atoms with van der Waals surface area (Å²) < 4.78 is 1.97. The minimum atomic E-state index is -0.627. The van der Waals surface area contributed by atoms with Gasteiger partial charge in [-0.2, -0.15) is 0 Å². The molecule has 0 unspecified atom stereocenters. The van der Waals surface area contributed by atoms with Crippen molar-refractivity contribution >= 4 is 33.9 Å². The first-order valence-corrected chi connectivity index (χ1v) is 10.2. The van der Waals surface area contributed by atoms with Crippen LogP contribution in [0.1, 0.15) is 6.92 Å². The minimum absolute atomic E-state index is 0.593. The van der Waals surface area contributed by atoms with Gasteiger partial charge in [-0.3, -0.25) is 0 Å². The van der Waals surface area contributed by atoms with Crippen LogP contribution in [0.25, 0.3) is 27.8 Å². The molecular formula is C23H21N7O. The van der Waals surface area contributed by atoms with E-state index in [-0.39, 0.29) is 0 Å². The maximum Gasteiger partial charge on any atom is 0.180 e. The van der Waals surface area contributed by atoms with E-state index < -0.39 is 5.60 Å². The van der Waals surface area contributed by atoms with Gasteiger partial charge >= 0.3 is 0 Å². The number of nitrogens with one attached hydrogen (secondary N) is 2. The lowest BCUT2D eigenvalue weighted by Gasteiger charge is -2.44. The molecule has 8 heteroatoms. The van der Waals surface area contributed by atoms with Crippen molar-refractivity contribution in [3.63, 3.8) is 0 Å². The summed E-state index contributed by atoms with van der Waals surface area (Å²) in [6.45, 7) is 3.02. The Morgan fingerprint density at radius 2 is 2.03 bits per heavy atom. The second-order valence-electron chi connectivity index (χ2n) is 8.30. The quantitative estimate of drug-likeness (QED) is 0.418. The summed E-state index contributed by atoms with van der Waals surface area (Å²) >= 11 is 0. The second kappa shape index (κ2) is 6.55. The van der Waals surface area contributed by atoms with E-state index in [4.69, 9.17) is 4.98 Å². The number of pyridine rings is 1. The first kappa shape index (κ1) is 17.9. The number of fused-ring (bicyclic) bond motifs is 2. The average Bonchev–Trinajstić information content (AvgIpc) is 3.41. The van der Waals surface area contributed by atoms with Crippen LogP contribution in [0, 0.1) is 0 Å². The molecule has 0 atom stereocenters. The monoisotopic (exact) mass is 411 g/mol. The van der Waals surface area contributed by atoms with Crippen molar-refractivity contribution in [2.45, 2.75) is 12.5 Å². The fourth-order valence-electron chi connectivity index (χ4n) is 4.08. The highest BCUT2D eigenvalue weighted by Crippen LogP contribution is 2.29. The van der Waals surface area contributed by atoms with E-state index in [1.807, 2.05) is 46.9 Å². The van der Waals surface area contributed by atoms with Gasteiger partial charge in [-0.15, -0.1) is 0 Å². The average molecular weight is 411 g/mol. The van der Waals surface area contributed by atoms with Crippen LogP contribution in [0.2, 0.25) is 0 Å². The first-order chi connectivity index (χ1) is 15.0. The number of benzene rings is 1. The van der Waals surface area contributed by atoms with Gasteiger partial charge in [-0.1, -0.05) is 12.1 Å². The van der Waals surface area contributed by atoms with Crippen LogP contribution >= 0.6 is 0 Å². The van der Waals surface area contributed by atoms with E-state index in [1.165, 1.54) is 5.39 Å². The molecular weight excluding hydrogens is 390 g/mol. The zero-order valence-corrected chi connectivity index (χ0v) is 16.9. The Morgan fingerprint density at radius 3 is 2.84 bits per heavy atom. The van der Waals surface area contributed by atoms with Crippen LogP contribution in [0.5, 0.6) is 0 Å². The number of aromatic amines is 1. The van der Waals surface area contributed by atoms with Gasteiger partial charge in [0.2, 0.25) is 0 Å². The summed E-state index contributed by atoms with van der Waals surface area (Å²) in [6.07, 6.45) is 9.37. The maximum absolute atomic E-state index is 9.94. The summed E-state index contributed by atoms with van der Waals surface area (Å²) in [5.41, 5.74) is 3.88. The van der Waals surface area contributed by atoms with Crippen molar-refractivity contribution in [2.24, 2.45) is 0 Å². The summed E-state index contributed by atoms with van der Waals surface area (Å²) in [5, 5.41) is 14.5. The van der Waals surface area contributed by atoms with Gasteiger partial charge in [0.1, 0.15) is 5.82 Å². The Balaban J connectivity index is 1.33. The lowest BCUT2D eigenvalue weighted by Crippen LogP contribution is -2.60. The lowest BCUT2D eigenvalue weighted by molar-refractivity contribution is 0.0305. The van der Waals surface area contributed by atoms with Crippen LogP contribution in [0.3, 0.4) is 0 Å². The smallest absolute Gasteiger partial charge is 0.180 e. The number of hydrogen-bond acceptors (Lipinski definition) is 6. The van der Waals surface area contributed by atoms with Crippen LogP contribution in [0.4, 0.5) is 17.3 Å². The topological polar surface area (TPSA) is 94.4 Å². The Kier molecular flexibility index (Phi) is 3.78. The lowest BCUT2D eigenvalue weighted by atomic mass is 9.97. The summed E-state index contributed by atoms with van der Waals surface area (Å²) in [4.78, 5) is 19.1. The number of rotatable bonds is 4. The number of aromatic nitrogens is 5. The highest BCUT2D eigenvalue weighted by Gasteiger charge is 2.37. The van der Waals surface area contributed by atoms with E-state index >= 15 is 0 Å². The third-order valence-electron chi connectivity index (χ3n) is 5.62. The summed E-state index contributed by atoms with van der Waals surface area (Å²) in [5.74, 6) is 1.51. The normalized spacial score (nSPS) is 15.4. The molecule has 5 heterocycles. The molecule has 3 N–H and O–H groups in total. The molecule has 31 heavy (non-hydrogen) atoms. The molecule has 0 radical (unpaired) electrons. The van der Waals surface area contributed by atoms with E-state index in [1.54, 1.807) is 12.4 Å². The van der Waals surface area contributed by atoms with Crippen LogP contribution in [-0.4, -0.2) is 48.1 Å². The van der Waals surface area contributed by atoms with Crippen molar-refractivity contribution in [2.75, 3.05) is 23.3 Å². The number of H-pyrrole nitrogens is 1. The fraction of sp³-hybridized carbons (Fsp3) is 0.174. The molecule has 8 nitrogen and oxygen atoms in total. The third-order valence-corrected chi connectivity index (χ3v) is 5.62. The number of β-amino-alcohol motifs (C(OH)–C–C–N with tert-alkyl or cyclic N) is 1. The van der Waals surface area contributed by atoms with Gasteiger partial charge < -0.3 is 24.7 Å². The van der Waals surface area contributed by atoms with Crippen molar-refractivity contribution in [1.82, 2.24) is 24.3 Å². The van der Waals surface area contributed by atoms with Gasteiger partial charge in [0.15, 0.2) is 11.5 Å². The standard InChI is InChI=1S/C23H21N7O/c1-23(31)13-30(14-23)20-5-4-17(11-26-20)27-21-22-25-8-9-29(22)12-19(28-21)16-3-2-15-6-7-24-18(15)10-16/h2-12,24,31H,13-14H2,1H3,(H,27,28). The van der Waals surface area contributed by atoms with Gasteiger partial charge in [-0.25, -0.2) is 15.0 Å². The highest BCUT2D eigenvalue weighted by molar-refractivity contribution is 5.84. The molecule has 0 saturated carbocycles. The van der Waals surface area contributed by atoms with Crippen LogP contribution in [-0.2, 0) is 0 Å². The molecule has 6 rings (SSSR count). The largest absolute Gasteiger partial charge is 0.386 e. The van der Waals surface area contributed by atoms with E-state index in [0.29, 0.717) is 18.9 Å². The molecule has 1 aliphatic heterocycles. The summed E-state index contributed by atoms with van der Waals surface area (Å²) in [7, 11) is 0. The van der Waals surface area contributed by atoms with Crippen LogP contribution < -0.4 is 10.2 Å². The number of imidazole rings is 1. The zero-order valence-electron chi connectivity index (χ0n) is 16.9. The molecule has 0 amide bonds. The molecule has 154 valence electrons. The van der Waals surface area contributed by atoms with Gasteiger partial charge in [0.25, 0.3) is 0 Å². The van der Waals surface area contributed by atoms with E-state index in [2.05, 4.69) is 44.5 Å². The molecule has 0 aliphatic carbocycles. The van der Waals surface area contributed by atoms with Crippen molar-refractivity contribution in [1.29, 1.82) is 0 Å². The number of nitrogens with zero attached hydrogens (tertiary/aromatic N) is 5.